The molecule has 9 heteroatoms. The summed E-state index contributed by atoms with van der Waals surface area (Å²) in [6, 6.07) is 0. The van der Waals surface area contributed by atoms with Gasteiger partial charge >= 0.3 is 11.1 Å². The van der Waals surface area contributed by atoms with E-state index in [0.717, 1.165) is 6.42 Å². The van der Waals surface area contributed by atoms with E-state index in [1.807, 2.05) is 6.92 Å². The monoisotopic (exact) mass is 315 g/mol. The second-order valence-corrected chi connectivity index (χ2v) is 5.98. The Morgan fingerprint density at radius 2 is 2.19 bits per heavy atom. The highest BCUT2D eigenvalue weighted by Gasteiger charge is 2.29. The van der Waals surface area contributed by atoms with Crippen LogP contribution in [0.3, 0.4) is 0 Å². The largest absolute Gasteiger partial charge is 0.368 e. The number of nitrogens with zero attached hydrogens (tertiary/aromatic N) is 2. The number of hydrogen-bond donors (Lipinski definition) is 3. The highest BCUT2D eigenvalue weighted by molar-refractivity contribution is 7.99. The molecule has 1 unspecified atom stereocenters. The number of hydrogen-bond acceptors (Lipinski definition) is 6. The molecule has 118 valence electrons. The number of carbonyl (C=O) groups is 1. The van der Waals surface area contributed by atoms with Crippen LogP contribution in [0.15, 0.2) is 14.7 Å². The van der Waals surface area contributed by atoms with Crippen LogP contribution >= 0.6 is 11.8 Å². The molecule has 0 radical (unpaired) electrons. The van der Waals surface area contributed by atoms with Crippen LogP contribution in [0.4, 0.5) is 0 Å². The lowest BCUT2D eigenvalue weighted by Gasteiger charge is -2.27. The number of thioether (sulfide) groups is 1. The van der Waals surface area contributed by atoms with Gasteiger partial charge in [-0.2, -0.15) is 4.98 Å². The van der Waals surface area contributed by atoms with Gasteiger partial charge in [-0.3, -0.25) is 24.2 Å². The van der Waals surface area contributed by atoms with Gasteiger partial charge in [0.25, 0.3) is 0 Å². The summed E-state index contributed by atoms with van der Waals surface area (Å²) in [4.78, 5) is 37.6. The molecule has 1 aromatic rings. The summed E-state index contributed by atoms with van der Waals surface area (Å²) in [7, 11) is 1.60. The normalized spacial score (nSPS) is 13.9. The van der Waals surface area contributed by atoms with Crippen molar-refractivity contribution in [3.05, 3.63) is 20.7 Å². The SMILES string of the molecule is CCCNC(C)(CCSc1nc(=O)c(=O)[nH]n1C)C(N)=O. The van der Waals surface area contributed by atoms with Crippen molar-refractivity contribution < 1.29 is 4.79 Å². The first kappa shape index (κ1) is 17.4. The first-order valence-corrected chi connectivity index (χ1v) is 7.64. The summed E-state index contributed by atoms with van der Waals surface area (Å²) in [6.07, 6.45) is 1.38. The fraction of sp³-hybridized carbons (Fsp3) is 0.667. The van der Waals surface area contributed by atoms with Gasteiger partial charge in [-0.25, -0.2) is 0 Å². The van der Waals surface area contributed by atoms with E-state index in [4.69, 9.17) is 5.73 Å². The third-order valence-corrected chi connectivity index (χ3v) is 4.12. The number of aromatic nitrogens is 3. The maximum Gasteiger partial charge on any atom is 0.339 e. The Hall–Kier alpha value is -1.61. The molecule has 1 aromatic heterocycles. The van der Waals surface area contributed by atoms with E-state index in [1.165, 1.54) is 16.4 Å². The zero-order valence-corrected chi connectivity index (χ0v) is 13.2. The minimum Gasteiger partial charge on any atom is -0.368 e. The molecule has 0 saturated carbocycles. The molecule has 1 heterocycles. The first-order chi connectivity index (χ1) is 9.80. The van der Waals surface area contributed by atoms with Crippen LogP contribution in [-0.4, -0.2) is 38.5 Å². The average Bonchev–Trinajstić information content (AvgIpc) is 2.42. The summed E-state index contributed by atoms with van der Waals surface area (Å²) < 4.78 is 1.38. The number of H-pyrrole nitrogens is 1. The van der Waals surface area contributed by atoms with Crippen molar-refractivity contribution in [2.75, 3.05) is 12.3 Å². The lowest BCUT2D eigenvalue weighted by molar-refractivity contribution is -0.123. The van der Waals surface area contributed by atoms with Crippen LogP contribution in [0.25, 0.3) is 0 Å². The lowest BCUT2D eigenvalue weighted by Crippen LogP contribution is -2.53. The van der Waals surface area contributed by atoms with E-state index >= 15 is 0 Å². The van der Waals surface area contributed by atoms with Crippen LogP contribution in [0, 0.1) is 0 Å². The van der Waals surface area contributed by atoms with E-state index in [-0.39, 0.29) is 0 Å². The van der Waals surface area contributed by atoms with Crippen LogP contribution in [-0.2, 0) is 11.8 Å². The van der Waals surface area contributed by atoms with Crippen molar-refractivity contribution in [2.45, 2.75) is 37.4 Å². The Kier molecular flexibility index (Phi) is 6.16. The number of nitrogens with one attached hydrogen (secondary N) is 2. The number of primary amides is 1. The molecular weight excluding hydrogens is 294 g/mol. The Bertz CT molecular complexity index is 612. The van der Waals surface area contributed by atoms with Crippen LogP contribution in [0.5, 0.6) is 0 Å². The van der Waals surface area contributed by atoms with Gasteiger partial charge < -0.3 is 11.1 Å². The predicted octanol–water partition coefficient (Wildman–Crippen LogP) is -0.806. The molecular formula is C12H21N5O3S. The van der Waals surface area contributed by atoms with Crippen LogP contribution < -0.4 is 22.2 Å². The van der Waals surface area contributed by atoms with Gasteiger partial charge in [0.2, 0.25) is 5.91 Å². The number of carbonyl (C=O) groups excluding carboxylic acids is 1. The topological polar surface area (TPSA) is 123 Å². The Morgan fingerprint density at radius 1 is 1.52 bits per heavy atom. The maximum absolute atomic E-state index is 11.6. The van der Waals surface area contributed by atoms with Gasteiger partial charge in [-0.15, -0.1) is 0 Å². The maximum atomic E-state index is 11.6. The lowest BCUT2D eigenvalue weighted by atomic mass is 9.98. The fourth-order valence-corrected chi connectivity index (χ4v) is 2.72. The third-order valence-electron chi connectivity index (χ3n) is 3.09. The van der Waals surface area contributed by atoms with Crippen molar-refractivity contribution in [3.8, 4) is 0 Å². The molecule has 0 bridgehead atoms. The van der Waals surface area contributed by atoms with E-state index in [2.05, 4.69) is 15.4 Å². The van der Waals surface area contributed by atoms with Crippen molar-refractivity contribution in [1.29, 1.82) is 0 Å². The molecule has 21 heavy (non-hydrogen) atoms. The number of nitrogens with two attached hydrogens (primary N) is 1. The standard InChI is InChI=1S/C12H21N5O3S/c1-4-6-14-12(2,10(13)20)5-7-21-11-15-8(18)9(19)16-17(11)3/h14H,4-7H2,1-3H3,(H2,13,20)(H,16,19). The van der Waals surface area contributed by atoms with E-state index in [0.29, 0.717) is 23.9 Å². The second-order valence-electron chi connectivity index (χ2n) is 4.92. The van der Waals surface area contributed by atoms with E-state index in [9.17, 15) is 14.4 Å². The quantitative estimate of drug-likeness (QED) is 0.426. The molecule has 8 nitrogen and oxygen atoms in total. The van der Waals surface area contributed by atoms with Gasteiger partial charge in [0.15, 0.2) is 5.16 Å². The highest BCUT2D eigenvalue weighted by Crippen LogP contribution is 2.18. The van der Waals surface area contributed by atoms with Crippen molar-refractivity contribution in [1.82, 2.24) is 20.1 Å². The minimum absolute atomic E-state index is 0.391. The zero-order valence-electron chi connectivity index (χ0n) is 12.4. The van der Waals surface area contributed by atoms with Gasteiger partial charge in [0.1, 0.15) is 0 Å². The fourth-order valence-electron chi connectivity index (χ4n) is 1.64. The Balaban J connectivity index is 2.71. The predicted molar refractivity (Wildman–Crippen MR) is 81.3 cm³/mol. The van der Waals surface area contributed by atoms with Crippen molar-refractivity contribution in [2.24, 2.45) is 12.8 Å². The molecule has 0 aliphatic carbocycles. The molecule has 0 saturated heterocycles. The number of aryl methyl sites for hydroxylation is 1. The molecule has 0 aliphatic heterocycles. The average molecular weight is 315 g/mol. The van der Waals surface area contributed by atoms with Crippen molar-refractivity contribution >= 4 is 17.7 Å². The van der Waals surface area contributed by atoms with E-state index in [1.54, 1.807) is 14.0 Å². The molecule has 0 aromatic carbocycles. The van der Waals surface area contributed by atoms with Crippen LogP contribution in [0.2, 0.25) is 0 Å². The number of amides is 1. The molecule has 1 atom stereocenters. The van der Waals surface area contributed by atoms with Gasteiger partial charge in [-0.05, 0) is 26.3 Å². The summed E-state index contributed by atoms with van der Waals surface area (Å²) >= 11 is 1.28. The minimum atomic E-state index is -0.822. The summed E-state index contributed by atoms with van der Waals surface area (Å²) in [5.41, 5.74) is 3.06. The third kappa shape index (κ3) is 4.71. The summed E-state index contributed by atoms with van der Waals surface area (Å²) in [5, 5.41) is 5.89. The number of aromatic amines is 1. The van der Waals surface area contributed by atoms with Gasteiger partial charge in [0.05, 0.1) is 5.54 Å². The smallest absolute Gasteiger partial charge is 0.339 e. The van der Waals surface area contributed by atoms with Crippen LogP contribution in [0.1, 0.15) is 26.7 Å². The summed E-state index contributed by atoms with van der Waals surface area (Å²) in [6.45, 7) is 4.45. The molecule has 4 N–H and O–H groups in total. The second kappa shape index (κ2) is 7.41. The molecule has 0 aliphatic rings. The Labute approximate surface area is 126 Å². The zero-order chi connectivity index (χ0) is 16.0. The van der Waals surface area contributed by atoms with Crippen molar-refractivity contribution in [3.63, 3.8) is 0 Å². The molecule has 1 rings (SSSR count). The summed E-state index contributed by atoms with van der Waals surface area (Å²) in [5.74, 6) is 0.113. The Morgan fingerprint density at radius 3 is 2.76 bits per heavy atom. The number of rotatable bonds is 8. The van der Waals surface area contributed by atoms with Gasteiger partial charge in [0, 0.05) is 12.8 Å². The van der Waals surface area contributed by atoms with Gasteiger partial charge in [-0.1, -0.05) is 18.7 Å². The van der Waals surface area contributed by atoms with E-state index < -0.39 is 22.6 Å². The highest BCUT2D eigenvalue weighted by atomic mass is 32.2. The molecule has 1 amide bonds. The molecule has 0 spiro atoms. The molecule has 0 fully saturated rings. The first-order valence-electron chi connectivity index (χ1n) is 6.65.